The number of hydrogen-bond acceptors (Lipinski definition) is 5. The minimum absolute atomic E-state index is 0.0688. The van der Waals surface area contributed by atoms with E-state index in [9.17, 15) is 10.1 Å². The molecule has 0 aliphatic heterocycles. The van der Waals surface area contributed by atoms with Gasteiger partial charge >= 0.3 is 0 Å². The van der Waals surface area contributed by atoms with Crippen molar-refractivity contribution < 1.29 is 4.92 Å². The van der Waals surface area contributed by atoms with Crippen molar-refractivity contribution in [3.05, 3.63) is 69.6 Å². The molecular weight excluding hydrogens is 298 g/mol. The molecular formula is C16H13N3O2S. The Balaban J connectivity index is 1.93. The van der Waals surface area contributed by atoms with Gasteiger partial charge in [0.1, 0.15) is 5.01 Å². The van der Waals surface area contributed by atoms with E-state index < -0.39 is 4.92 Å². The summed E-state index contributed by atoms with van der Waals surface area (Å²) in [5.74, 6) is 0. The van der Waals surface area contributed by atoms with Gasteiger partial charge < -0.3 is 5.73 Å². The summed E-state index contributed by atoms with van der Waals surface area (Å²) in [6.45, 7) is 0.511. The predicted molar refractivity (Wildman–Crippen MR) is 87.5 cm³/mol. The van der Waals surface area contributed by atoms with E-state index in [0.29, 0.717) is 6.54 Å². The smallest absolute Gasteiger partial charge is 0.270 e. The van der Waals surface area contributed by atoms with Crippen LogP contribution in [-0.2, 0) is 6.54 Å². The molecule has 5 nitrogen and oxygen atoms in total. The first-order valence-electron chi connectivity index (χ1n) is 6.67. The highest BCUT2D eigenvalue weighted by Crippen LogP contribution is 2.30. The molecule has 22 heavy (non-hydrogen) atoms. The molecule has 0 saturated heterocycles. The number of nitro groups is 1. The summed E-state index contributed by atoms with van der Waals surface area (Å²) in [6, 6.07) is 14.4. The average molecular weight is 311 g/mol. The number of rotatable bonds is 4. The SMILES string of the molecule is NCc1ccc(-c2nc(-c3cccc([N+](=O)[O-])c3)cs2)cc1. The standard InChI is InChI=1S/C16H13N3O2S/c17-9-11-4-6-12(7-5-11)16-18-15(10-22-16)13-2-1-3-14(8-13)19(20)21/h1-8,10H,9,17H2. The van der Waals surface area contributed by atoms with E-state index in [0.717, 1.165) is 27.4 Å². The van der Waals surface area contributed by atoms with Crippen LogP contribution in [0.3, 0.4) is 0 Å². The summed E-state index contributed by atoms with van der Waals surface area (Å²) in [7, 11) is 0. The molecule has 6 heteroatoms. The number of nitrogens with zero attached hydrogens (tertiary/aromatic N) is 2. The van der Waals surface area contributed by atoms with Gasteiger partial charge in [0.05, 0.1) is 10.6 Å². The molecule has 0 spiro atoms. The molecule has 0 fully saturated rings. The van der Waals surface area contributed by atoms with Crippen LogP contribution in [0, 0.1) is 10.1 Å². The van der Waals surface area contributed by atoms with Crippen LogP contribution in [0.2, 0.25) is 0 Å². The van der Waals surface area contributed by atoms with Crippen molar-refractivity contribution in [2.75, 3.05) is 0 Å². The van der Waals surface area contributed by atoms with E-state index in [2.05, 4.69) is 4.98 Å². The predicted octanol–water partition coefficient (Wildman–Crippen LogP) is 3.84. The third-order valence-electron chi connectivity index (χ3n) is 3.29. The third kappa shape index (κ3) is 2.88. The highest BCUT2D eigenvalue weighted by Gasteiger charge is 2.10. The van der Waals surface area contributed by atoms with E-state index in [-0.39, 0.29) is 5.69 Å². The zero-order valence-electron chi connectivity index (χ0n) is 11.6. The summed E-state index contributed by atoms with van der Waals surface area (Å²) in [5, 5.41) is 13.6. The molecule has 3 aromatic rings. The number of hydrogen-bond donors (Lipinski definition) is 1. The van der Waals surface area contributed by atoms with Crippen LogP contribution in [0.25, 0.3) is 21.8 Å². The maximum Gasteiger partial charge on any atom is 0.270 e. The molecule has 3 rings (SSSR count). The summed E-state index contributed by atoms with van der Waals surface area (Å²) in [4.78, 5) is 15.0. The van der Waals surface area contributed by atoms with Crippen LogP contribution >= 0.6 is 11.3 Å². The molecule has 110 valence electrons. The fourth-order valence-corrected chi connectivity index (χ4v) is 2.94. The Morgan fingerprint density at radius 3 is 2.59 bits per heavy atom. The molecule has 0 unspecified atom stereocenters. The Morgan fingerprint density at radius 2 is 1.91 bits per heavy atom. The fourth-order valence-electron chi connectivity index (χ4n) is 2.10. The Bertz CT molecular complexity index is 812. The third-order valence-corrected chi connectivity index (χ3v) is 4.18. The number of non-ortho nitro benzene ring substituents is 1. The number of thiazole rings is 1. The number of benzene rings is 2. The zero-order chi connectivity index (χ0) is 15.5. The minimum atomic E-state index is -0.400. The first-order valence-corrected chi connectivity index (χ1v) is 7.55. The van der Waals surface area contributed by atoms with E-state index in [4.69, 9.17) is 5.73 Å². The van der Waals surface area contributed by atoms with Crippen LogP contribution < -0.4 is 5.73 Å². The van der Waals surface area contributed by atoms with Crippen molar-refractivity contribution in [2.24, 2.45) is 5.73 Å². The maximum absolute atomic E-state index is 10.8. The molecule has 0 amide bonds. The normalized spacial score (nSPS) is 10.6. The topological polar surface area (TPSA) is 82.0 Å². The van der Waals surface area contributed by atoms with E-state index in [1.54, 1.807) is 6.07 Å². The van der Waals surface area contributed by atoms with Crippen LogP contribution in [0.1, 0.15) is 5.56 Å². The molecule has 0 aliphatic rings. The summed E-state index contributed by atoms with van der Waals surface area (Å²) < 4.78 is 0. The second-order valence-electron chi connectivity index (χ2n) is 4.75. The van der Waals surface area contributed by atoms with Gasteiger partial charge in [-0.3, -0.25) is 10.1 Å². The van der Waals surface area contributed by atoms with Crippen LogP contribution in [-0.4, -0.2) is 9.91 Å². The monoisotopic (exact) mass is 311 g/mol. The number of aromatic nitrogens is 1. The van der Waals surface area contributed by atoms with Crippen molar-refractivity contribution in [2.45, 2.75) is 6.54 Å². The van der Waals surface area contributed by atoms with Gasteiger partial charge in [-0.05, 0) is 5.56 Å². The van der Waals surface area contributed by atoms with Crippen LogP contribution in [0.15, 0.2) is 53.9 Å². The molecule has 1 aromatic heterocycles. The Hall–Kier alpha value is -2.57. The van der Waals surface area contributed by atoms with E-state index in [1.807, 2.05) is 35.7 Å². The van der Waals surface area contributed by atoms with Crippen molar-refractivity contribution in [1.82, 2.24) is 4.98 Å². The number of nitrogens with two attached hydrogens (primary N) is 1. The van der Waals surface area contributed by atoms with Gasteiger partial charge in [-0.2, -0.15) is 0 Å². The summed E-state index contributed by atoms with van der Waals surface area (Å²) in [5.41, 5.74) is 9.23. The van der Waals surface area contributed by atoms with Crippen molar-refractivity contribution >= 4 is 17.0 Å². The van der Waals surface area contributed by atoms with Crippen molar-refractivity contribution in [3.8, 4) is 21.8 Å². The molecule has 0 radical (unpaired) electrons. The largest absolute Gasteiger partial charge is 0.326 e. The highest BCUT2D eigenvalue weighted by molar-refractivity contribution is 7.13. The van der Waals surface area contributed by atoms with E-state index >= 15 is 0 Å². The van der Waals surface area contributed by atoms with Gasteiger partial charge in [-0.15, -0.1) is 11.3 Å². The molecule has 0 atom stereocenters. The molecule has 0 bridgehead atoms. The number of nitro benzene ring substituents is 1. The second kappa shape index (κ2) is 6.05. The van der Waals surface area contributed by atoms with Gasteiger partial charge in [0, 0.05) is 35.2 Å². The first-order chi connectivity index (χ1) is 10.7. The molecule has 1 heterocycles. The zero-order valence-corrected chi connectivity index (χ0v) is 12.4. The summed E-state index contributed by atoms with van der Waals surface area (Å²) >= 11 is 1.51. The van der Waals surface area contributed by atoms with Gasteiger partial charge in [0.2, 0.25) is 0 Å². The van der Waals surface area contributed by atoms with Gasteiger partial charge in [0.25, 0.3) is 5.69 Å². The first kappa shape index (κ1) is 14.4. The van der Waals surface area contributed by atoms with Crippen molar-refractivity contribution in [3.63, 3.8) is 0 Å². The summed E-state index contributed by atoms with van der Waals surface area (Å²) in [6.07, 6.45) is 0. The molecule has 2 N–H and O–H groups in total. The lowest BCUT2D eigenvalue weighted by molar-refractivity contribution is -0.384. The van der Waals surface area contributed by atoms with Crippen LogP contribution in [0.5, 0.6) is 0 Å². The van der Waals surface area contributed by atoms with Crippen molar-refractivity contribution in [1.29, 1.82) is 0 Å². The maximum atomic E-state index is 10.8. The molecule has 0 saturated carbocycles. The molecule has 2 aromatic carbocycles. The lowest BCUT2D eigenvalue weighted by Gasteiger charge is -1.99. The average Bonchev–Trinajstić information content (AvgIpc) is 3.05. The molecule has 0 aliphatic carbocycles. The quantitative estimate of drug-likeness (QED) is 0.586. The Labute approximate surface area is 131 Å². The van der Waals surface area contributed by atoms with Gasteiger partial charge in [-0.1, -0.05) is 36.4 Å². The highest BCUT2D eigenvalue weighted by atomic mass is 32.1. The Kier molecular flexibility index (Phi) is 3.95. The fraction of sp³-hybridized carbons (Fsp3) is 0.0625. The van der Waals surface area contributed by atoms with Gasteiger partial charge in [0.15, 0.2) is 0 Å². The van der Waals surface area contributed by atoms with E-state index in [1.165, 1.54) is 23.5 Å². The van der Waals surface area contributed by atoms with Crippen LogP contribution in [0.4, 0.5) is 5.69 Å². The lowest BCUT2D eigenvalue weighted by Crippen LogP contribution is -1.95. The second-order valence-corrected chi connectivity index (χ2v) is 5.60. The minimum Gasteiger partial charge on any atom is -0.326 e. The van der Waals surface area contributed by atoms with Gasteiger partial charge in [-0.25, -0.2) is 4.98 Å². The lowest BCUT2D eigenvalue weighted by atomic mass is 10.1. The Morgan fingerprint density at radius 1 is 1.14 bits per heavy atom.